The van der Waals surface area contributed by atoms with Crippen molar-refractivity contribution in [3.8, 4) is 67.7 Å². The Bertz CT molecular complexity index is 2550. The second-order valence-corrected chi connectivity index (χ2v) is 12.0. The SMILES string of the molecule is c1ccc(-c2cc(-c3ccc(-c4ccc(-c5nc(-c6cccnc6)nc(-c6cccnc6)n5)cc4)cc3)nc3ccc4ccccc4c23)cc1. The van der Waals surface area contributed by atoms with Crippen molar-refractivity contribution in [2.75, 3.05) is 0 Å². The van der Waals surface area contributed by atoms with E-state index in [1.807, 2.05) is 24.3 Å². The lowest BCUT2D eigenvalue weighted by atomic mass is 9.94. The highest BCUT2D eigenvalue weighted by molar-refractivity contribution is 6.13. The lowest BCUT2D eigenvalue weighted by Gasteiger charge is -2.13. The fraction of sp³-hybridized carbons (Fsp3) is 0. The summed E-state index contributed by atoms with van der Waals surface area (Å²) in [5.74, 6) is 1.71. The maximum Gasteiger partial charge on any atom is 0.165 e. The van der Waals surface area contributed by atoms with Gasteiger partial charge in [0.05, 0.1) is 11.2 Å². The smallest absolute Gasteiger partial charge is 0.165 e. The van der Waals surface area contributed by atoms with Crippen molar-refractivity contribution in [3.05, 3.63) is 170 Å². The van der Waals surface area contributed by atoms with Crippen LogP contribution in [0.3, 0.4) is 0 Å². The Labute approximate surface area is 288 Å². The molecule has 9 aromatic rings. The molecule has 0 radical (unpaired) electrons. The van der Waals surface area contributed by atoms with E-state index in [1.54, 1.807) is 24.8 Å². The minimum atomic E-state index is 0.563. The summed E-state index contributed by atoms with van der Waals surface area (Å²) in [5, 5.41) is 3.59. The zero-order valence-electron chi connectivity index (χ0n) is 26.8. The Morgan fingerprint density at radius 2 is 0.900 bits per heavy atom. The van der Waals surface area contributed by atoms with Crippen LogP contribution in [-0.2, 0) is 0 Å². The minimum absolute atomic E-state index is 0.563. The zero-order valence-corrected chi connectivity index (χ0v) is 26.8. The van der Waals surface area contributed by atoms with E-state index in [1.165, 1.54) is 27.3 Å². The number of hydrogen-bond donors (Lipinski definition) is 0. The van der Waals surface area contributed by atoms with Crippen molar-refractivity contribution in [1.82, 2.24) is 29.9 Å². The molecule has 0 aliphatic carbocycles. The molecular formula is C44H28N6. The molecule has 4 aromatic heterocycles. The Morgan fingerprint density at radius 3 is 1.52 bits per heavy atom. The normalized spacial score (nSPS) is 11.2. The van der Waals surface area contributed by atoms with Gasteiger partial charge in [0.25, 0.3) is 0 Å². The van der Waals surface area contributed by atoms with E-state index in [4.69, 9.17) is 19.9 Å². The number of pyridine rings is 3. The highest BCUT2D eigenvalue weighted by Crippen LogP contribution is 2.37. The topological polar surface area (TPSA) is 77.3 Å². The van der Waals surface area contributed by atoms with Crippen molar-refractivity contribution in [2.45, 2.75) is 0 Å². The molecule has 0 saturated carbocycles. The molecule has 0 saturated heterocycles. The molecule has 234 valence electrons. The molecule has 0 fully saturated rings. The largest absolute Gasteiger partial charge is 0.264 e. The fourth-order valence-corrected chi connectivity index (χ4v) is 6.40. The van der Waals surface area contributed by atoms with E-state index in [0.717, 1.165) is 44.6 Å². The molecule has 0 spiro atoms. The molecule has 0 bridgehead atoms. The second kappa shape index (κ2) is 12.6. The van der Waals surface area contributed by atoms with Gasteiger partial charge in [-0.15, -0.1) is 0 Å². The number of rotatable bonds is 6. The van der Waals surface area contributed by atoms with Gasteiger partial charge < -0.3 is 0 Å². The molecule has 50 heavy (non-hydrogen) atoms. The first-order valence-corrected chi connectivity index (χ1v) is 16.4. The third kappa shape index (κ3) is 5.55. The monoisotopic (exact) mass is 640 g/mol. The summed E-state index contributed by atoms with van der Waals surface area (Å²) in [4.78, 5) is 28.1. The summed E-state index contributed by atoms with van der Waals surface area (Å²) in [5.41, 5.74) is 10.1. The highest BCUT2D eigenvalue weighted by Gasteiger charge is 2.15. The Morgan fingerprint density at radius 1 is 0.360 bits per heavy atom. The molecule has 0 aliphatic rings. The average molecular weight is 641 g/mol. The molecule has 0 amide bonds. The van der Waals surface area contributed by atoms with Crippen LogP contribution in [0.5, 0.6) is 0 Å². The van der Waals surface area contributed by atoms with Crippen LogP contribution >= 0.6 is 0 Å². The van der Waals surface area contributed by atoms with E-state index in [-0.39, 0.29) is 0 Å². The van der Waals surface area contributed by atoms with E-state index in [0.29, 0.717) is 17.5 Å². The van der Waals surface area contributed by atoms with Gasteiger partial charge in [-0.25, -0.2) is 19.9 Å². The van der Waals surface area contributed by atoms with Gasteiger partial charge in [0, 0.05) is 52.4 Å². The molecule has 0 unspecified atom stereocenters. The average Bonchev–Trinajstić information content (AvgIpc) is 3.21. The van der Waals surface area contributed by atoms with Crippen molar-refractivity contribution in [3.63, 3.8) is 0 Å². The maximum atomic E-state index is 5.16. The van der Waals surface area contributed by atoms with E-state index >= 15 is 0 Å². The third-order valence-electron chi connectivity index (χ3n) is 8.92. The van der Waals surface area contributed by atoms with Crippen LogP contribution in [0.4, 0.5) is 0 Å². The van der Waals surface area contributed by atoms with Crippen molar-refractivity contribution < 1.29 is 0 Å². The lowest BCUT2D eigenvalue weighted by Crippen LogP contribution is -2.00. The van der Waals surface area contributed by atoms with Crippen LogP contribution in [0, 0.1) is 0 Å². The predicted octanol–water partition coefficient (Wildman–Crippen LogP) is 10.4. The van der Waals surface area contributed by atoms with E-state index < -0.39 is 0 Å². The first-order chi connectivity index (χ1) is 24.8. The van der Waals surface area contributed by atoms with Crippen LogP contribution in [0.25, 0.3) is 89.4 Å². The van der Waals surface area contributed by atoms with Gasteiger partial charge >= 0.3 is 0 Å². The molecule has 6 nitrogen and oxygen atoms in total. The van der Waals surface area contributed by atoms with E-state index in [2.05, 4.69) is 131 Å². The van der Waals surface area contributed by atoms with Crippen LogP contribution < -0.4 is 0 Å². The quantitative estimate of drug-likeness (QED) is 0.168. The number of fused-ring (bicyclic) bond motifs is 3. The van der Waals surface area contributed by atoms with Gasteiger partial charge in [0.15, 0.2) is 17.5 Å². The summed E-state index contributed by atoms with van der Waals surface area (Å²) >= 11 is 0. The number of aromatic nitrogens is 6. The van der Waals surface area contributed by atoms with E-state index in [9.17, 15) is 0 Å². The lowest BCUT2D eigenvalue weighted by molar-refractivity contribution is 1.07. The van der Waals surface area contributed by atoms with Crippen LogP contribution in [0.15, 0.2) is 170 Å². The van der Waals surface area contributed by atoms with Crippen molar-refractivity contribution >= 4 is 21.7 Å². The van der Waals surface area contributed by atoms with Crippen LogP contribution in [0.1, 0.15) is 0 Å². The van der Waals surface area contributed by atoms with Gasteiger partial charge in [-0.1, -0.05) is 109 Å². The number of benzene rings is 5. The Kier molecular flexibility index (Phi) is 7.37. The molecule has 5 aromatic carbocycles. The van der Waals surface area contributed by atoms with Gasteiger partial charge in [0.2, 0.25) is 0 Å². The number of nitrogens with zero attached hydrogens (tertiary/aromatic N) is 6. The van der Waals surface area contributed by atoms with Crippen molar-refractivity contribution in [2.24, 2.45) is 0 Å². The molecule has 6 heteroatoms. The first kappa shape index (κ1) is 29.2. The second-order valence-electron chi connectivity index (χ2n) is 12.0. The summed E-state index contributed by atoms with van der Waals surface area (Å²) in [6.07, 6.45) is 7.00. The summed E-state index contributed by atoms with van der Waals surface area (Å²) in [6.45, 7) is 0. The van der Waals surface area contributed by atoms with Gasteiger partial charge in [-0.2, -0.15) is 0 Å². The van der Waals surface area contributed by atoms with Crippen LogP contribution in [0.2, 0.25) is 0 Å². The molecule has 0 aliphatic heterocycles. The summed E-state index contributed by atoms with van der Waals surface area (Å²) in [6, 6.07) is 50.2. The predicted molar refractivity (Wildman–Crippen MR) is 201 cm³/mol. The Balaban J connectivity index is 1.06. The summed E-state index contributed by atoms with van der Waals surface area (Å²) in [7, 11) is 0. The van der Waals surface area contributed by atoms with Crippen LogP contribution in [-0.4, -0.2) is 29.9 Å². The van der Waals surface area contributed by atoms with Crippen molar-refractivity contribution in [1.29, 1.82) is 0 Å². The standard InChI is InChI=1S/C44H28N6/c1-2-8-31(9-3-1)38-26-40(47-39-23-22-32-10-4-5-13-37(32)41(38)39)33-18-14-29(15-19-33)30-16-20-34(21-17-30)42-48-43(35-11-6-24-45-27-35)50-44(49-42)36-12-7-25-46-28-36/h1-28H. The minimum Gasteiger partial charge on any atom is -0.264 e. The van der Waals surface area contributed by atoms with Gasteiger partial charge in [-0.3, -0.25) is 9.97 Å². The zero-order chi connectivity index (χ0) is 33.3. The molecule has 4 heterocycles. The molecule has 0 N–H and O–H groups in total. The maximum absolute atomic E-state index is 5.16. The molecule has 0 atom stereocenters. The summed E-state index contributed by atoms with van der Waals surface area (Å²) < 4.78 is 0. The van der Waals surface area contributed by atoms with Gasteiger partial charge in [0.1, 0.15) is 0 Å². The highest BCUT2D eigenvalue weighted by atomic mass is 15.0. The molecule has 9 rings (SSSR count). The first-order valence-electron chi connectivity index (χ1n) is 16.4. The third-order valence-corrected chi connectivity index (χ3v) is 8.92. The fourth-order valence-electron chi connectivity index (χ4n) is 6.40. The Hall–Kier alpha value is -6.92. The number of hydrogen-bond acceptors (Lipinski definition) is 6. The van der Waals surface area contributed by atoms with Gasteiger partial charge in [-0.05, 0) is 69.4 Å². The molecular weight excluding hydrogens is 613 g/mol.